The zero-order chi connectivity index (χ0) is 20.1. The highest BCUT2D eigenvalue weighted by molar-refractivity contribution is 7.99. The summed E-state index contributed by atoms with van der Waals surface area (Å²) in [5, 5.41) is 0. The minimum atomic E-state index is -4.55. The largest absolute Gasteiger partial charge is 0.417 e. The number of rotatable bonds is 4. The first-order valence-electron chi connectivity index (χ1n) is 8.94. The first-order chi connectivity index (χ1) is 13.3. The first kappa shape index (κ1) is 20.5. The van der Waals surface area contributed by atoms with E-state index < -0.39 is 17.6 Å². The van der Waals surface area contributed by atoms with Crippen LogP contribution in [0.15, 0.2) is 58.3 Å². The average molecular weight is 409 g/mol. The van der Waals surface area contributed by atoms with Crippen molar-refractivity contribution in [3.05, 3.63) is 65.5 Å². The second-order valence-corrected chi connectivity index (χ2v) is 7.67. The summed E-state index contributed by atoms with van der Waals surface area (Å²) in [6, 6.07) is 9.52. The minimum Gasteiger partial charge on any atom is -0.339 e. The molecule has 0 aliphatic carbocycles. The predicted molar refractivity (Wildman–Crippen MR) is 101 cm³/mol. The Bertz CT molecular complexity index is 856. The molecule has 2 aromatic carbocycles. The van der Waals surface area contributed by atoms with Crippen molar-refractivity contribution in [3.8, 4) is 0 Å². The van der Waals surface area contributed by atoms with Crippen LogP contribution in [0.5, 0.6) is 0 Å². The molecule has 1 amide bonds. The highest BCUT2D eigenvalue weighted by Gasteiger charge is 2.33. The molecule has 2 nitrogen and oxygen atoms in total. The first-order valence-corrected chi connectivity index (χ1v) is 9.76. The van der Waals surface area contributed by atoms with Crippen LogP contribution in [-0.4, -0.2) is 23.9 Å². The van der Waals surface area contributed by atoms with Crippen LogP contribution >= 0.6 is 11.8 Å². The second kappa shape index (κ2) is 8.82. The summed E-state index contributed by atoms with van der Waals surface area (Å²) in [6.07, 6.45) is 0.798. The fourth-order valence-corrected chi connectivity index (χ4v) is 3.87. The Kier molecular flexibility index (Phi) is 6.44. The van der Waals surface area contributed by atoms with Gasteiger partial charge < -0.3 is 4.90 Å². The lowest BCUT2D eigenvalue weighted by Gasteiger charge is -2.25. The number of amides is 1. The molecular weight excluding hydrogens is 390 g/mol. The summed E-state index contributed by atoms with van der Waals surface area (Å²) in [4.78, 5) is 14.9. The van der Waals surface area contributed by atoms with Gasteiger partial charge in [0, 0.05) is 29.0 Å². The molecular formula is C21H19F4NOS. The van der Waals surface area contributed by atoms with Gasteiger partial charge in [0.2, 0.25) is 5.91 Å². The van der Waals surface area contributed by atoms with Crippen molar-refractivity contribution in [2.75, 3.05) is 13.1 Å². The van der Waals surface area contributed by atoms with E-state index in [1.165, 1.54) is 42.5 Å². The Morgan fingerprint density at radius 2 is 1.61 bits per heavy atom. The Labute approximate surface area is 165 Å². The lowest BCUT2D eigenvalue weighted by atomic mass is 10.1. The van der Waals surface area contributed by atoms with Crippen LogP contribution in [0.4, 0.5) is 17.6 Å². The van der Waals surface area contributed by atoms with Crippen molar-refractivity contribution in [1.29, 1.82) is 0 Å². The van der Waals surface area contributed by atoms with Crippen LogP contribution in [0.1, 0.15) is 30.4 Å². The van der Waals surface area contributed by atoms with E-state index in [9.17, 15) is 22.4 Å². The zero-order valence-electron chi connectivity index (χ0n) is 15.0. The molecule has 0 radical (unpaired) electrons. The maximum atomic E-state index is 13.5. The van der Waals surface area contributed by atoms with Gasteiger partial charge in [-0.2, -0.15) is 13.2 Å². The molecule has 0 saturated carbocycles. The third kappa shape index (κ3) is 5.38. The summed E-state index contributed by atoms with van der Waals surface area (Å²) >= 11 is 1.12. The molecule has 0 N–H and O–H groups in total. The number of piperidine rings is 1. The van der Waals surface area contributed by atoms with E-state index in [2.05, 4.69) is 0 Å². The van der Waals surface area contributed by atoms with Crippen molar-refractivity contribution in [1.82, 2.24) is 4.90 Å². The second-order valence-electron chi connectivity index (χ2n) is 6.52. The molecule has 1 saturated heterocycles. The monoisotopic (exact) mass is 409 g/mol. The summed E-state index contributed by atoms with van der Waals surface area (Å²) in [6.45, 7) is 1.28. The van der Waals surface area contributed by atoms with E-state index in [1.54, 1.807) is 11.0 Å². The van der Waals surface area contributed by atoms with Gasteiger partial charge in [-0.15, -0.1) is 0 Å². The van der Waals surface area contributed by atoms with Crippen LogP contribution in [0.3, 0.4) is 0 Å². The molecule has 0 atom stereocenters. The third-order valence-corrected chi connectivity index (χ3v) is 5.45. The molecule has 0 aromatic heterocycles. The van der Waals surface area contributed by atoms with E-state index in [0.717, 1.165) is 37.1 Å². The van der Waals surface area contributed by atoms with Gasteiger partial charge in [0.1, 0.15) is 5.82 Å². The standard InChI is InChI=1S/C21H19F4NOS/c22-16-6-9-17(10-7-16)28-18-8-4-15(19(14-18)21(23,24)25)5-11-20(27)26-12-2-1-3-13-26/h4-11,14H,1-3,12-13H2. The minimum absolute atomic E-state index is 0.0543. The number of hydrogen-bond acceptors (Lipinski definition) is 2. The fraction of sp³-hybridized carbons (Fsp3) is 0.286. The molecule has 2 aromatic rings. The summed E-state index contributed by atoms with van der Waals surface area (Å²) in [5.41, 5.74) is -0.858. The summed E-state index contributed by atoms with van der Waals surface area (Å²) in [7, 11) is 0. The van der Waals surface area contributed by atoms with E-state index in [1.807, 2.05) is 0 Å². The quantitative estimate of drug-likeness (QED) is 0.455. The normalized spacial score (nSPS) is 15.2. The van der Waals surface area contributed by atoms with Crippen LogP contribution in [-0.2, 0) is 11.0 Å². The number of benzene rings is 2. The SMILES string of the molecule is O=C(C=Cc1ccc(Sc2ccc(F)cc2)cc1C(F)(F)F)N1CCCCC1. The van der Waals surface area contributed by atoms with E-state index in [0.29, 0.717) is 22.9 Å². The Morgan fingerprint density at radius 3 is 2.25 bits per heavy atom. The van der Waals surface area contributed by atoms with Gasteiger partial charge in [-0.1, -0.05) is 17.8 Å². The van der Waals surface area contributed by atoms with Crippen molar-refractivity contribution in [2.24, 2.45) is 0 Å². The number of likely N-dealkylation sites (tertiary alicyclic amines) is 1. The predicted octanol–water partition coefficient (Wildman–Crippen LogP) is 6.02. The summed E-state index contributed by atoms with van der Waals surface area (Å²) < 4.78 is 53.5. The molecule has 1 aliphatic heterocycles. The van der Waals surface area contributed by atoms with Crippen LogP contribution in [0.25, 0.3) is 6.08 Å². The molecule has 1 heterocycles. The van der Waals surface area contributed by atoms with E-state index >= 15 is 0 Å². The van der Waals surface area contributed by atoms with Gasteiger partial charge in [0.15, 0.2) is 0 Å². The number of hydrogen-bond donors (Lipinski definition) is 0. The molecule has 28 heavy (non-hydrogen) atoms. The molecule has 0 bridgehead atoms. The molecule has 3 rings (SSSR count). The van der Waals surface area contributed by atoms with Crippen molar-refractivity contribution < 1.29 is 22.4 Å². The lowest BCUT2D eigenvalue weighted by molar-refractivity contribution is -0.138. The van der Waals surface area contributed by atoms with Crippen molar-refractivity contribution >= 4 is 23.7 Å². The van der Waals surface area contributed by atoms with E-state index in [4.69, 9.17) is 0 Å². The van der Waals surface area contributed by atoms with Crippen LogP contribution in [0.2, 0.25) is 0 Å². The van der Waals surface area contributed by atoms with Gasteiger partial charge >= 0.3 is 6.18 Å². The molecule has 7 heteroatoms. The molecule has 0 unspecified atom stereocenters. The van der Waals surface area contributed by atoms with Crippen LogP contribution in [0, 0.1) is 5.82 Å². The van der Waals surface area contributed by atoms with Gasteiger partial charge in [-0.05, 0) is 67.3 Å². The molecule has 0 spiro atoms. The van der Waals surface area contributed by atoms with Gasteiger partial charge in [-0.25, -0.2) is 4.39 Å². The topological polar surface area (TPSA) is 20.3 Å². The number of nitrogens with zero attached hydrogens (tertiary/aromatic N) is 1. The van der Waals surface area contributed by atoms with Crippen molar-refractivity contribution in [2.45, 2.75) is 35.2 Å². The van der Waals surface area contributed by atoms with Gasteiger partial charge in [-0.3, -0.25) is 4.79 Å². The maximum Gasteiger partial charge on any atom is 0.417 e. The number of carbonyl (C=O) groups is 1. The molecule has 1 fully saturated rings. The van der Waals surface area contributed by atoms with E-state index in [-0.39, 0.29) is 11.5 Å². The Balaban J connectivity index is 1.81. The number of carbonyl (C=O) groups excluding carboxylic acids is 1. The van der Waals surface area contributed by atoms with Crippen molar-refractivity contribution in [3.63, 3.8) is 0 Å². The molecule has 148 valence electrons. The Hall–Kier alpha value is -2.28. The van der Waals surface area contributed by atoms with Crippen LogP contribution < -0.4 is 0 Å². The number of alkyl halides is 3. The average Bonchev–Trinajstić information content (AvgIpc) is 2.68. The lowest BCUT2D eigenvalue weighted by Crippen LogP contribution is -2.34. The highest BCUT2D eigenvalue weighted by Crippen LogP contribution is 2.37. The Morgan fingerprint density at radius 1 is 0.964 bits per heavy atom. The smallest absolute Gasteiger partial charge is 0.339 e. The zero-order valence-corrected chi connectivity index (χ0v) is 15.8. The van der Waals surface area contributed by atoms with Gasteiger partial charge in [0.05, 0.1) is 5.56 Å². The molecule has 1 aliphatic rings. The summed E-state index contributed by atoms with van der Waals surface area (Å²) in [5.74, 6) is -0.670. The third-order valence-electron chi connectivity index (χ3n) is 4.45. The number of halogens is 4. The van der Waals surface area contributed by atoms with Gasteiger partial charge in [0.25, 0.3) is 0 Å². The maximum absolute atomic E-state index is 13.5. The fourth-order valence-electron chi connectivity index (χ4n) is 3.01. The highest BCUT2D eigenvalue weighted by atomic mass is 32.2.